The van der Waals surface area contributed by atoms with Gasteiger partial charge in [-0.3, -0.25) is 9.80 Å². The molecule has 0 N–H and O–H groups in total. The van der Waals surface area contributed by atoms with E-state index in [1.165, 1.54) is 25.1 Å². The highest BCUT2D eigenvalue weighted by molar-refractivity contribution is 5.14. The molecule has 0 spiro atoms. The number of ether oxygens (including phenoxy) is 1. The molecule has 3 rings (SSSR count). The highest BCUT2D eigenvalue weighted by Gasteiger charge is 2.31. The number of rotatable bonds is 3. The Hall–Kier alpha value is -0.900. The molecule has 2 atom stereocenters. The first-order valence-electron chi connectivity index (χ1n) is 7.42. The maximum absolute atomic E-state index is 5.54. The Bertz CT molecular complexity index is 395. The minimum atomic E-state index is 0.579. The van der Waals surface area contributed by atoms with Gasteiger partial charge in [0.05, 0.1) is 13.2 Å². The lowest BCUT2D eigenvalue weighted by Gasteiger charge is -2.37. The summed E-state index contributed by atoms with van der Waals surface area (Å²) >= 11 is 0. The van der Waals surface area contributed by atoms with Gasteiger partial charge in [-0.2, -0.15) is 0 Å². The summed E-state index contributed by atoms with van der Waals surface area (Å²) < 4.78 is 5.54. The summed E-state index contributed by atoms with van der Waals surface area (Å²) in [6, 6.07) is 12.1. The van der Waals surface area contributed by atoms with E-state index in [9.17, 15) is 0 Å². The van der Waals surface area contributed by atoms with E-state index in [1.54, 1.807) is 0 Å². The normalized spacial score (nSPS) is 29.7. The summed E-state index contributed by atoms with van der Waals surface area (Å²) in [5.74, 6) is 0. The van der Waals surface area contributed by atoms with Crippen LogP contribution >= 0.6 is 0 Å². The van der Waals surface area contributed by atoms with Gasteiger partial charge < -0.3 is 4.74 Å². The Labute approximate surface area is 116 Å². The summed E-state index contributed by atoms with van der Waals surface area (Å²) in [5, 5.41) is 0. The van der Waals surface area contributed by atoms with Crippen molar-refractivity contribution in [3.63, 3.8) is 0 Å². The summed E-state index contributed by atoms with van der Waals surface area (Å²) in [5.41, 5.74) is 1.43. The molecular formula is C16H24N2O. The van der Waals surface area contributed by atoms with E-state index in [0.717, 1.165) is 32.3 Å². The van der Waals surface area contributed by atoms with Crippen molar-refractivity contribution in [2.75, 3.05) is 32.8 Å². The first-order valence-corrected chi connectivity index (χ1v) is 7.42. The van der Waals surface area contributed by atoms with Crippen LogP contribution in [0.15, 0.2) is 30.3 Å². The Balaban J connectivity index is 1.55. The number of hydrogen-bond donors (Lipinski definition) is 0. The maximum Gasteiger partial charge on any atom is 0.0619 e. The third-order valence-corrected chi connectivity index (χ3v) is 4.38. The highest BCUT2D eigenvalue weighted by Crippen LogP contribution is 2.21. The topological polar surface area (TPSA) is 15.7 Å². The molecule has 3 heteroatoms. The van der Waals surface area contributed by atoms with E-state index < -0.39 is 0 Å². The third-order valence-electron chi connectivity index (χ3n) is 4.38. The van der Waals surface area contributed by atoms with Gasteiger partial charge in [0.25, 0.3) is 0 Å². The second-order valence-electron chi connectivity index (χ2n) is 5.82. The predicted octanol–water partition coefficient (Wildman–Crippen LogP) is 1.98. The van der Waals surface area contributed by atoms with Crippen molar-refractivity contribution in [2.45, 2.75) is 32.0 Å². The molecule has 2 fully saturated rings. The van der Waals surface area contributed by atoms with Crippen LogP contribution in [0.5, 0.6) is 0 Å². The Morgan fingerprint density at radius 2 is 2.05 bits per heavy atom. The molecule has 1 aromatic carbocycles. The van der Waals surface area contributed by atoms with Crippen molar-refractivity contribution < 1.29 is 4.74 Å². The van der Waals surface area contributed by atoms with Gasteiger partial charge >= 0.3 is 0 Å². The Kier molecular flexibility index (Phi) is 4.16. The number of likely N-dealkylation sites (tertiary alicyclic amines) is 1. The SMILES string of the molecule is C[C@H]1COCCN1[C@H]1CCN(Cc2ccccc2)C1. The lowest BCUT2D eigenvalue weighted by molar-refractivity contribution is -0.0200. The van der Waals surface area contributed by atoms with Crippen LogP contribution in [-0.4, -0.2) is 54.7 Å². The van der Waals surface area contributed by atoms with Crippen molar-refractivity contribution in [2.24, 2.45) is 0 Å². The fourth-order valence-electron chi connectivity index (χ4n) is 3.35. The van der Waals surface area contributed by atoms with Crippen LogP contribution in [0, 0.1) is 0 Å². The number of benzene rings is 1. The van der Waals surface area contributed by atoms with Crippen molar-refractivity contribution in [1.82, 2.24) is 9.80 Å². The van der Waals surface area contributed by atoms with Gasteiger partial charge in [-0.1, -0.05) is 30.3 Å². The van der Waals surface area contributed by atoms with Crippen LogP contribution in [0.1, 0.15) is 18.9 Å². The average Bonchev–Trinajstić information content (AvgIpc) is 2.89. The van der Waals surface area contributed by atoms with E-state index in [0.29, 0.717) is 6.04 Å². The summed E-state index contributed by atoms with van der Waals surface area (Å²) in [4.78, 5) is 5.23. The van der Waals surface area contributed by atoms with Crippen LogP contribution in [0.3, 0.4) is 0 Å². The number of nitrogens with zero attached hydrogens (tertiary/aromatic N) is 2. The summed E-state index contributed by atoms with van der Waals surface area (Å²) in [6.45, 7) is 8.72. The molecule has 0 aromatic heterocycles. The van der Waals surface area contributed by atoms with E-state index in [4.69, 9.17) is 4.74 Å². The Morgan fingerprint density at radius 1 is 1.21 bits per heavy atom. The van der Waals surface area contributed by atoms with Crippen molar-refractivity contribution >= 4 is 0 Å². The molecule has 2 aliphatic heterocycles. The van der Waals surface area contributed by atoms with Crippen molar-refractivity contribution in [1.29, 1.82) is 0 Å². The molecule has 0 bridgehead atoms. The molecule has 2 heterocycles. The zero-order valence-corrected chi connectivity index (χ0v) is 11.8. The highest BCUT2D eigenvalue weighted by atomic mass is 16.5. The molecule has 0 aliphatic carbocycles. The molecule has 2 aliphatic rings. The summed E-state index contributed by atoms with van der Waals surface area (Å²) in [7, 11) is 0. The van der Waals surface area contributed by atoms with Gasteiger partial charge in [-0.05, 0) is 18.9 Å². The zero-order chi connectivity index (χ0) is 13.1. The van der Waals surface area contributed by atoms with Crippen molar-refractivity contribution in [3.05, 3.63) is 35.9 Å². The third kappa shape index (κ3) is 3.16. The second kappa shape index (κ2) is 6.04. The van der Waals surface area contributed by atoms with Crippen LogP contribution in [-0.2, 0) is 11.3 Å². The molecule has 104 valence electrons. The quantitative estimate of drug-likeness (QED) is 0.826. The molecule has 2 saturated heterocycles. The van der Waals surface area contributed by atoms with Crippen LogP contribution < -0.4 is 0 Å². The van der Waals surface area contributed by atoms with E-state index in [2.05, 4.69) is 47.1 Å². The molecule has 19 heavy (non-hydrogen) atoms. The monoisotopic (exact) mass is 260 g/mol. The smallest absolute Gasteiger partial charge is 0.0619 e. The summed E-state index contributed by atoms with van der Waals surface area (Å²) in [6.07, 6.45) is 1.30. The fraction of sp³-hybridized carbons (Fsp3) is 0.625. The molecule has 3 nitrogen and oxygen atoms in total. The average molecular weight is 260 g/mol. The van der Waals surface area contributed by atoms with Crippen LogP contribution in [0.4, 0.5) is 0 Å². The minimum absolute atomic E-state index is 0.579. The predicted molar refractivity (Wildman–Crippen MR) is 77.1 cm³/mol. The van der Waals surface area contributed by atoms with Gasteiger partial charge in [-0.15, -0.1) is 0 Å². The molecular weight excluding hydrogens is 236 g/mol. The van der Waals surface area contributed by atoms with Crippen LogP contribution in [0.2, 0.25) is 0 Å². The first-order chi connectivity index (χ1) is 9.33. The minimum Gasteiger partial charge on any atom is -0.379 e. The Morgan fingerprint density at radius 3 is 2.84 bits per heavy atom. The van der Waals surface area contributed by atoms with Crippen molar-refractivity contribution in [3.8, 4) is 0 Å². The second-order valence-corrected chi connectivity index (χ2v) is 5.82. The standard InChI is InChI=1S/C16H24N2O/c1-14-13-19-10-9-18(14)16-7-8-17(12-16)11-15-5-3-2-4-6-15/h2-6,14,16H,7-13H2,1H3/t14-,16-/m0/s1. The lowest BCUT2D eigenvalue weighted by atomic mass is 10.1. The van der Waals surface area contributed by atoms with Gasteiger partial charge in [0, 0.05) is 38.3 Å². The van der Waals surface area contributed by atoms with E-state index >= 15 is 0 Å². The lowest BCUT2D eigenvalue weighted by Crippen LogP contribution is -2.50. The van der Waals surface area contributed by atoms with Gasteiger partial charge in [0.1, 0.15) is 0 Å². The molecule has 0 amide bonds. The zero-order valence-electron chi connectivity index (χ0n) is 11.8. The van der Waals surface area contributed by atoms with Gasteiger partial charge in [0.2, 0.25) is 0 Å². The van der Waals surface area contributed by atoms with Gasteiger partial charge in [0.15, 0.2) is 0 Å². The fourth-order valence-corrected chi connectivity index (χ4v) is 3.35. The maximum atomic E-state index is 5.54. The first kappa shape index (κ1) is 13.1. The molecule has 0 unspecified atom stereocenters. The van der Waals surface area contributed by atoms with Gasteiger partial charge in [-0.25, -0.2) is 0 Å². The molecule has 1 aromatic rings. The van der Waals surface area contributed by atoms with E-state index in [1.807, 2.05) is 0 Å². The molecule has 0 radical (unpaired) electrons. The number of morpholine rings is 1. The molecule has 0 saturated carbocycles. The number of hydrogen-bond acceptors (Lipinski definition) is 3. The van der Waals surface area contributed by atoms with Crippen LogP contribution in [0.25, 0.3) is 0 Å². The largest absolute Gasteiger partial charge is 0.379 e. The van der Waals surface area contributed by atoms with E-state index in [-0.39, 0.29) is 0 Å².